The fraction of sp³-hybridized carbons (Fsp3) is 0.474. The molecule has 0 bridgehead atoms. The van der Waals surface area contributed by atoms with Crippen molar-refractivity contribution in [2.45, 2.75) is 40.2 Å². The van der Waals surface area contributed by atoms with E-state index in [9.17, 15) is 4.79 Å². The monoisotopic (exact) mass is 362 g/mol. The molecule has 1 unspecified atom stereocenters. The number of hydrogen-bond acceptors (Lipinski definition) is 4. The van der Waals surface area contributed by atoms with Crippen molar-refractivity contribution in [3.05, 3.63) is 35.0 Å². The van der Waals surface area contributed by atoms with E-state index in [4.69, 9.17) is 21.7 Å². The smallest absolute Gasteiger partial charge is 0.173 e. The predicted octanol–water partition coefficient (Wildman–Crippen LogP) is 3.60. The number of methoxy groups -OCH3 is 1. The van der Waals surface area contributed by atoms with Gasteiger partial charge in [-0.15, -0.1) is 0 Å². The molecule has 1 aliphatic rings. The van der Waals surface area contributed by atoms with Crippen molar-refractivity contribution in [2.24, 2.45) is 0 Å². The first-order valence-electron chi connectivity index (χ1n) is 8.55. The number of nitrogens with zero attached hydrogens (tertiary/aromatic N) is 1. The number of thiocarbonyl (C=S) groups is 1. The van der Waals surface area contributed by atoms with Gasteiger partial charge in [0.05, 0.1) is 19.8 Å². The fourth-order valence-corrected chi connectivity index (χ4v) is 3.53. The molecule has 0 saturated carbocycles. The molecule has 1 heterocycles. The number of benzene rings is 1. The van der Waals surface area contributed by atoms with Crippen LogP contribution in [0, 0.1) is 0 Å². The normalized spacial score (nSPS) is 17.4. The van der Waals surface area contributed by atoms with E-state index in [2.05, 4.69) is 12.2 Å². The Balaban J connectivity index is 2.62. The van der Waals surface area contributed by atoms with Crippen molar-refractivity contribution in [1.82, 2.24) is 10.2 Å². The summed E-state index contributed by atoms with van der Waals surface area (Å²) in [6.45, 7) is 8.83. The predicted molar refractivity (Wildman–Crippen MR) is 103 cm³/mol. The molecular formula is C19H26N2O3S. The number of rotatable bonds is 7. The summed E-state index contributed by atoms with van der Waals surface area (Å²) < 4.78 is 11.3. The van der Waals surface area contributed by atoms with E-state index in [0.29, 0.717) is 28.8 Å². The molecule has 1 aliphatic heterocycles. The summed E-state index contributed by atoms with van der Waals surface area (Å²) in [5.74, 6) is 1.30. The summed E-state index contributed by atoms with van der Waals surface area (Å²) in [6, 6.07) is 5.34. The number of ketones is 1. The van der Waals surface area contributed by atoms with Crippen LogP contribution in [0.5, 0.6) is 11.5 Å². The van der Waals surface area contributed by atoms with Crippen molar-refractivity contribution >= 4 is 23.1 Å². The summed E-state index contributed by atoms with van der Waals surface area (Å²) in [5.41, 5.74) is 2.45. The first-order valence-corrected chi connectivity index (χ1v) is 8.96. The van der Waals surface area contributed by atoms with Gasteiger partial charge < -0.3 is 19.7 Å². The maximum atomic E-state index is 12.4. The average Bonchev–Trinajstić information content (AvgIpc) is 2.58. The molecule has 5 nitrogen and oxygen atoms in total. The summed E-state index contributed by atoms with van der Waals surface area (Å²) in [6.07, 6.45) is 0.943. The molecule has 0 spiro atoms. The second-order valence-electron chi connectivity index (χ2n) is 5.90. The highest BCUT2D eigenvalue weighted by atomic mass is 32.1. The van der Waals surface area contributed by atoms with Gasteiger partial charge in [0.1, 0.15) is 0 Å². The zero-order chi connectivity index (χ0) is 18.6. The molecule has 0 radical (unpaired) electrons. The molecule has 1 aromatic carbocycles. The Kier molecular flexibility index (Phi) is 6.42. The van der Waals surface area contributed by atoms with Crippen LogP contribution in [-0.2, 0) is 4.79 Å². The number of ether oxygens (including phenoxy) is 2. The fourth-order valence-electron chi connectivity index (χ4n) is 3.18. The van der Waals surface area contributed by atoms with Crippen molar-refractivity contribution in [3.8, 4) is 11.5 Å². The number of Topliss-reactive ketones (excluding diaryl/α,β-unsaturated/α-hetero) is 1. The van der Waals surface area contributed by atoms with Gasteiger partial charge >= 0.3 is 0 Å². The van der Waals surface area contributed by atoms with Crippen LogP contribution in [0.3, 0.4) is 0 Å². The van der Waals surface area contributed by atoms with Gasteiger partial charge in [-0.3, -0.25) is 4.79 Å². The second kappa shape index (κ2) is 8.34. The molecule has 0 fully saturated rings. The van der Waals surface area contributed by atoms with Gasteiger partial charge in [0, 0.05) is 23.4 Å². The molecule has 1 aromatic rings. The molecule has 0 amide bonds. The van der Waals surface area contributed by atoms with Crippen molar-refractivity contribution in [3.63, 3.8) is 0 Å². The topological polar surface area (TPSA) is 50.8 Å². The van der Waals surface area contributed by atoms with Gasteiger partial charge in [-0.2, -0.15) is 0 Å². The zero-order valence-electron chi connectivity index (χ0n) is 15.5. The SMILES string of the molecule is CCCN1C(=S)NC(c2cccc(OC)c2OCC)C(C(C)=O)=C1C. The number of allylic oxidation sites excluding steroid dienone is 1. The van der Waals surface area contributed by atoms with Crippen LogP contribution in [0.1, 0.15) is 45.7 Å². The van der Waals surface area contributed by atoms with E-state index in [-0.39, 0.29) is 11.8 Å². The highest BCUT2D eigenvalue weighted by Crippen LogP contribution is 2.40. The lowest BCUT2D eigenvalue weighted by Gasteiger charge is -2.38. The summed E-state index contributed by atoms with van der Waals surface area (Å²) in [7, 11) is 1.61. The largest absolute Gasteiger partial charge is 0.493 e. The molecule has 25 heavy (non-hydrogen) atoms. The van der Waals surface area contributed by atoms with Crippen LogP contribution in [0.4, 0.5) is 0 Å². The maximum Gasteiger partial charge on any atom is 0.173 e. The Morgan fingerprint density at radius 3 is 2.64 bits per heavy atom. The number of hydrogen-bond donors (Lipinski definition) is 1. The van der Waals surface area contributed by atoms with Gasteiger partial charge in [0.15, 0.2) is 22.4 Å². The van der Waals surface area contributed by atoms with Gasteiger partial charge in [-0.05, 0) is 45.5 Å². The third-order valence-electron chi connectivity index (χ3n) is 4.25. The summed E-state index contributed by atoms with van der Waals surface area (Å²) >= 11 is 5.55. The maximum absolute atomic E-state index is 12.4. The first-order chi connectivity index (χ1) is 12.0. The van der Waals surface area contributed by atoms with E-state index in [0.717, 1.165) is 24.2 Å². The zero-order valence-corrected chi connectivity index (χ0v) is 16.3. The minimum atomic E-state index is -0.352. The van der Waals surface area contributed by atoms with Crippen LogP contribution >= 0.6 is 12.2 Å². The van der Waals surface area contributed by atoms with Gasteiger partial charge in [0.25, 0.3) is 0 Å². The molecular weight excluding hydrogens is 336 g/mol. The lowest BCUT2D eigenvalue weighted by Crippen LogP contribution is -2.47. The van der Waals surface area contributed by atoms with Crippen LogP contribution in [-0.4, -0.2) is 36.1 Å². The molecule has 0 aromatic heterocycles. The van der Waals surface area contributed by atoms with E-state index >= 15 is 0 Å². The Labute approximate surface area is 155 Å². The lowest BCUT2D eigenvalue weighted by molar-refractivity contribution is -0.114. The molecule has 2 rings (SSSR count). The van der Waals surface area contributed by atoms with Crippen LogP contribution in [0.2, 0.25) is 0 Å². The van der Waals surface area contributed by atoms with Crippen LogP contribution < -0.4 is 14.8 Å². The number of carbonyl (C=O) groups is 1. The second-order valence-corrected chi connectivity index (χ2v) is 6.29. The van der Waals surface area contributed by atoms with E-state index < -0.39 is 0 Å². The van der Waals surface area contributed by atoms with Gasteiger partial charge in [-0.1, -0.05) is 19.1 Å². The quantitative estimate of drug-likeness (QED) is 0.748. The molecule has 1 N–H and O–H groups in total. The third-order valence-corrected chi connectivity index (χ3v) is 4.59. The molecule has 136 valence electrons. The Hall–Kier alpha value is -2.08. The molecule has 0 aliphatic carbocycles. The van der Waals surface area contributed by atoms with Crippen molar-refractivity contribution in [1.29, 1.82) is 0 Å². The summed E-state index contributed by atoms with van der Waals surface area (Å²) in [4.78, 5) is 14.4. The standard InChI is InChI=1S/C19H26N2O3S/c1-6-11-21-12(3)16(13(4)22)17(20-19(21)25)14-9-8-10-15(23-5)18(14)24-7-2/h8-10,17H,6-7,11H2,1-5H3,(H,20,25). The molecule has 6 heteroatoms. The average molecular weight is 362 g/mol. The Bertz CT molecular complexity index is 700. The van der Waals surface area contributed by atoms with Gasteiger partial charge in [-0.25, -0.2) is 0 Å². The number of nitrogens with one attached hydrogen (secondary N) is 1. The Morgan fingerprint density at radius 1 is 1.36 bits per heavy atom. The van der Waals surface area contributed by atoms with Crippen LogP contribution in [0.25, 0.3) is 0 Å². The minimum absolute atomic E-state index is 0.0175. The third kappa shape index (κ3) is 3.79. The summed E-state index contributed by atoms with van der Waals surface area (Å²) in [5, 5.41) is 3.95. The lowest BCUT2D eigenvalue weighted by atomic mass is 9.91. The number of para-hydroxylation sites is 1. The minimum Gasteiger partial charge on any atom is -0.493 e. The van der Waals surface area contributed by atoms with Crippen LogP contribution in [0.15, 0.2) is 29.5 Å². The highest BCUT2D eigenvalue weighted by molar-refractivity contribution is 7.80. The molecule has 0 saturated heterocycles. The van der Waals surface area contributed by atoms with Crippen molar-refractivity contribution < 1.29 is 14.3 Å². The van der Waals surface area contributed by atoms with Crippen molar-refractivity contribution in [2.75, 3.05) is 20.3 Å². The first kappa shape index (κ1) is 19.2. The van der Waals surface area contributed by atoms with Gasteiger partial charge in [0.2, 0.25) is 0 Å². The van der Waals surface area contributed by atoms with E-state index in [1.165, 1.54) is 0 Å². The van der Waals surface area contributed by atoms with E-state index in [1.807, 2.05) is 36.9 Å². The molecule has 1 atom stereocenters. The number of carbonyl (C=O) groups excluding carboxylic acids is 1. The Morgan fingerprint density at radius 2 is 2.08 bits per heavy atom. The highest BCUT2D eigenvalue weighted by Gasteiger charge is 2.34. The van der Waals surface area contributed by atoms with E-state index in [1.54, 1.807) is 14.0 Å².